The summed E-state index contributed by atoms with van der Waals surface area (Å²) >= 11 is 0. The minimum Gasteiger partial charge on any atom is -0.378 e. The maximum Gasteiger partial charge on any atom is 0.184 e. The quantitative estimate of drug-likeness (QED) is 0.445. The monoisotopic (exact) mass is 447 g/mol. The van der Waals surface area contributed by atoms with Gasteiger partial charge < -0.3 is 19.5 Å². The smallest absolute Gasteiger partial charge is 0.184 e. The molecule has 5 heterocycles. The van der Waals surface area contributed by atoms with Gasteiger partial charge in [0, 0.05) is 55.4 Å². The van der Waals surface area contributed by atoms with E-state index in [1.54, 1.807) is 12.4 Å². The van der Waals surface area contributed by atoms with Crippen LogP contribution in [0.5, 0.6) is 0 Å². The number of hydrogen-bond acceptors (Lipinski definition) is 8. The Balaban J connectivity index is 1.76. The highest BCUT2D eigenvalue weighted by atomic mass is 16.5. The van der Waals surface area contributed by atoms with Crippen molar-refractivity contribution in [1.82, 2.24) is 40.0 Å². The van der Waals surface area contributed by atoms with Gasteiger partial charge in [0.1, 0.15) is 11.5 Å². The fraction of sp³-hybridized carbons (Fsp3) is 0.435. The number of ether oxygens (including phenoxy) is 1. The van der Waals surface area contributed by atoms with Crippen molar-refractivity contribution in [2.75, 3.05) is 38.3 Å². The number of pyridine rings is 1. The molecule has 0 radical (unpaired) electrons. The van der Waals surface area contributed by atoms with Gasteiger partial charge in [-0.1, -0.05) is 6.92 Å². The van der Waals surface area contributed by atoms with Crippen LogP contribution in [0.4, 0.5) is 5.82 Å². The standard InChI is InChI=1S/C23H29N9O/c1-4-17-16(14-24-3)18(30-29-17)20-27-22(31-10-12-33-13-11-31)19-23(28-20)32(5-2)21(26-19)15-6-8-25-9-7-15/h6-9,24H,4-5,10-14H2,1-3H3,(H,29,30). The molecule has 1 saturated heterocycles. The van der Waals surface area contributed by atoms with Gasteiger partial charge in [-0.3, -0.25) is 10.1 Å². The van der Waals surface area contributed by atoms with Gasteiger partial charge in [-0.05, 0) is 32.5 Å². The zero-order valence-corrected chi connectivity index (χ0v) is 19.3. The van der Waals surface area contributed by atoms with Crippen LogP contribution in [0.2, 0.25) is 0 Å². The van der Waals surface area contributed by atoms with Gasteiger partial charge in [0.25, 0.3) is 0 Å². The lowest BCUT2D eigenvalue weighted by atomic mass is 10.1. The van der Waals surface area contributed by atoms with Crippen LogP contribution in [0.1, 0.15) is 25.1 Å². The van der Waals surface area contributed by atoms with Crippen molar-refractivity contribution in [2.24, 2.45) is 0 Å². The number of H-pyrrole nitrogens is 1. The topological polar surface area (TPSA) is 110 Å². The Morgan fingerprint density at radius 3 is 2.58 bits per heavy atom. The van der Waals surface area contributed by atoms with Crippen LogP contribution in [0.15, 0.2) is 24.5 Å². The Morgan fingerprint density at radius 1 is 1.09 bits per heavy atom. The Bertz CT molecular complexity index is 1240. The van der Waals surface area contributed by atoms with Gasteiger partial charge in [0.2, 0.25) is 0 Å². The number of morpholine rings is 1. The summed E-state index contributed by atoms with van der Waals surface area (Å²) in [6, 6.07) is 3.95. The minimum absolute atomic E-state index is 0.612. The second-order valence-corrected chi connectivity index (χ2v) is 7.97. The number of imidazole rings is 1. The maximum absolute atomic E-state index is 5.59. The number of nitrogens with one attached hydrogen (secondary N) is 2. The lowest BCUT2D eigenvalue weighted by molar-refractivity contribution is 0.122. The molecule has 5 rings (SSSR count). The Morgan fingerprint density at radius 2 is 1.88 bits per heavy atom. The maximum atomic E-state index is 5.59. The Labute approximate surface area is 192 Å². The van der Waals surface area contributed by atoms with Gasteiger partial charge in [0.05, 0.1) is 13.2 Å². The molecule has 0 saturated carbocycles. The summed E-state index contributed by atoms with van der Waals surface area (Å²) in [5, 5.41) is 11.1. The van der Waals surface area contributed by atoms with Crippen molar-refractivity contribution < 1.29 is 4.74 Å². The number of hydrogen-bond donors (Lipinski definition) is 2. The molecule has 10 heteroatoms. The third-order valence-electron chi connectivity index (χ3n) is 6.01. The highest BCUT2D eigenvalue weighted by Gasteiger charge is 2.25. The summed E-state index contributed by atoms with van der Waals surface area (Å²) in [4.78, 5) is 21.5. The molecule has 10 nitrogen and oxygen atoms in total. The fourth-order valence-corrected chi connectivity index (χ4v) is 4.35. The number of rotatable bonds is 7. The van der Waals surface area contributed by atoms with E-state index in [1.807, 2.05) is 19.2 Å². The van der Waals surface area contributed by atoms with Gasteiger partial charge in [-0.25, -0.2) is 15.0 Å². The van der Waals surface area contributed by atoms with Crippen LogP contribution in [-0.2, 0) is 24.2 Å². The zero-order chi connectivity index (χ0) is 22.8. The largest absolute Gasteiger partial charge is 0.378 e. The lowest BCUT2D eigenvalue weighted by Crippen LogP contribution is -2.37. The molecule has 0 spiro atoms. The van der Waals surface area contributed by atoms with Gasteiger partial charge in [-0.2, -0.15) is 5.10 Å². The molecule has 0 bridgehead atoms. The van der Waals surface area contributed by atoms with E-state index < -0.39 is 0 Å². The van der Waals surface area contributed by atoms with Crippen LogP contribution < -0.4 is 10.2 Å². The molecule has 172 valence electrons. The van der Waals surface area contributed by atoms with Crippen molar-refractivity contribution in [2.45, 2.75) is 33.4 Å². The summed E-state index contributed by atoms with van der Waals surface area (Å²) < 4.78 is 7.74. The molecule has 0 unspecified atom stereocenters. The molecule has 33 heavy (non-hydrogen) atoms. The van der Waals surface area contributed by atoms with E-state index in [2.05, 4.69) is 43.8 Å². The Kier molecular flexibility index (Phi) is 6.01. The number of aromatic nitrogens is 7. The van der Waals surface area contributed by atoms with Crippen molar-refractivity contribution >= 4 is 17.0 Å². The van der Waals surface area contributed by atoms with Crippen molar-refractivity contribution in [1.29, 1.82) is 0 Å². The summed E-state index contributed by atoms with van der Waals surface area (Å²) in [5.74, 6) is 2.31. The highest BCUT2D eigenvalue weighted by Crippen LogP contribution is 2.32. The first-order valence-electron chi connectivity index (χ1n) is 11.5. The predicted octanol–water partition coefficient (Wildman–Crippen LogP) is 2.42. The average Bonchev–Trinajstić information content (AvgIpc) is 3.45. The molecule has 0 aliphatic carbocycles. The molecular formula is C23H29N9O. The summed E-state index contributed by atoms with van der Waals surface area (Å²) in [7, 11) is 1.94. The van der Waals surface area contributed by atoms with Crippen LogP contribution >= 0.6 is 0 Å². The second kappa shape index (κ2) is 9.24. The number of fused-ring (bicyclic) bond motifs is 1. The third-order valence-corrected chi connectivity index (χ3v) is 6.01. The molecule has 2 N–H and O–H groups in total. The summed E-state index contributed by atoms with van der Waals surface area (Å²) in [6.45, 7) is 8.51. The molecule has 4 aromatic rings. The van der Waals surface area contributed by atoms with E-state index in [0.717, 1.165) is 71.4 Å². The first-order chi connectivity index (χ1) is 16.2. The van der Waals surface area contributed by atoms with Crippen LogP contribution in [0, 0.1) is 0 Å². The minimum atomic E-state index is 0.612. The fourth-order valence-electron chi connectivity index (χ4n) is 4.35. The number of nitrogens with zero attached hydrogens (tertiary/aromatic N) is 7. The molecule has 4 aromatic heterocycles. The molecule has 0 aromatic carbocycles. The van der Waals surface area contributed by atoms with E-state index >= 15 is 0 Å². The van der Waals surface area contributed by atoms with E-state index in [9.17, 15) is 0 Å². The number of aromatic amines is 1. The first kappa shape index (κ1) is 21.5. The molecule has 0 amide bonds. The van der Waals surface area contributed by atoms with Gasteiger partial charge in [-0.15, -0.1) is 0 Å². The normalized spacial score (nSPS) is 14.3. The lowest BCUT2D eigenvalue weighted by Gasteiger charge is -2.28. The summed E-state index contributed by atoms with van der Waals surface area (Å²) in [6.07, 6.45) is 4.44. The summed E-state index contributed by atoms with van der Waals surface area (Å²) in [5.41, 5.74) is 5.60. The van der Waals surface area contributed by atoms with Gasteiger partial charge in [0.15, 0.2) is 22.8 Å². The van der Waals surface area contributed by atoms with E-state index in [0.29, 0.717) is 25.6 Å². The molecule has 1 aliphatic heterocycles. The van der Waals surface area contributed by atoms with Gasteiger partial charge >= 0.3 is 0 Å². The molecule has 0 atom stereocenters. The van der Waals surface area contributed by atoms with Crippen LogP contribution in [0.25, 0.3) is 34.1 Å². The number of anilines is 1. The Hall–Kier alpha value is -3.37. The van der Waals surface area contributed by atoms with E-state index in [4.69, 9.17) is 19.7 Å². The van der Waals surface area contributed by atoms with Crippen LogP contribution in [-0.4, -0.2) is 68.1 Å². The van der Waals surface area contributed by atoms with E-state index in [-0.39, 0.29) is 0 Å². The third kappa shape index (κ3) is 3.85. The van der Waals surface area contributed by atoms with Crippen molar-refractivity contribution in [3.05, 3.63) is 35.8 Å². The molecule has 1 aliphatic rings. The highest BCUT2D eigenvalue weighted by molar-refractivity contribution is 5.89. The molecular weight excluding hydrogens is 418 g/mol. The molecule has 1 fully saturated rings. The average molecular weight is 448 g/mol. The second-order valence-electron chi connectivity index (χ2n) is 7.97. The van der Waals surface area contributed by atoms with Crippen LogP contribution in [0.3, 0.4) is 0 Å². The van der Waals surface area contributed by atoms with E-state index in [1.165, 1.54) is 0 Å². The SMILES string of the molecule is CCc1[nH]nc(-c2nc(N3CCOCC3)c3nc(-c4ccncc4)n(CC)c3n2)c1CNC. The van der Waals surface area contributed by atoms with Crippen molar-refractivity contribution in [3.8, 4) is 22.9 Å². The number of aryl methyl sites for hydroxylation is 2. The predicted molar refractivity (Wildman–Crippen MR) is 127 cm³/mol. The first-order valence-corrected chi connectivity index (χ1v) is 11.5. The van der Waals surface area contributed by atoms with Crippen molar-refractivity contribution in [3.63, 3.8) is 0 Å². The zero-order valence-electron chi connectivity index (χ0n) is 19.3.